The predicted molar refractivity (Wildman–Crippen MR) is 41.1 cm³/mol. The Labute approximate surface area is 64.2 Å². The zero-order valence-corrected chi connectivity index (χ0v) is 5.84. The lowest BCUT2D eigenvalue weighted by atomic mass is 10.5. The molecule has 0 unspecified atom stereocenters. The van der Waals surface area contributed by atoms with E-state index in [1.807, 2.05) is 0 Å². The van der Waals surface area contributed by atoms with Gasteiger partial charge < -0.3 is 10.0 Å². The Hall–Kier alpha value is -1.58. The van der Waals surface area contributed by atoms with Gasteiger partial charge in [0.25, 0.3) is 0 Å². The fourth-order valence-electron chi connectivity index (χ4n) is 0.684. The van der Waals surface area contributed by atoms with Crippen molar-refractivity contribution in [2.75, 3.05) is 6.54 Å². The van der Waals surface area contributed by atoms with Crippen molar-refractivity contribution in [2.45, 2.75) is 0 Å². The van der Waals surface area contributed by atoms with Crippen molar-refractivity contribution >= 4 is 12.2 Å². The second-order valence-corrected chi connectivity index (χ2v) is 2.00. The molecule has 0 amide bonds. The van der Waals surface area contributed by atoms with Gasteiger partial charge in [-0.05, 0) is 6.08 Å². The van der Waals surface area contributed by atoms with Crippen molar-refractivity contribution in [1.82, 2.24) is 4.90 Å². The molecule has 0 saturated carbocycles. The zero-order chi connectivity index (χ0) is 8.10. The molecule has 0 saturated heterocycles. The average Bonchev–Trinajstić information content (AvgIpc) is 2.14. The van der Waals surface area contributed by atoms with E-state index < -0.39 is 5.97 Å². The summed E-state index contributed by atoms with van der Waals surface area (Å²) in [6, 6.07) is 0. The minimum Gasteiger partial charge on any atom is -0.480 e. The highest BCUT2D eigenvalue weighted by molar-refractivity contribution is 5.73. The highest BCUT2D eigenvalue weighted by Gasteiger charge is 2.00. The minimum atomic E-state index is -0.860. The number of aliphatic imine (C=N–C) groups is 1. The maximum absolute atomic E-state index is 10.2. The van der Waals surface area contributed by atoms with Crippen LogP contribution in [0.25, 0.3) is 0 Å². The molecule has 1 aliphatic rings. The highest BCUT2D eigenvalue weighted by Crippen LogP contribution is 1.94. The number of carboxylic acids is 1. The van der Waals surface area contributed by atoms with Crippen LogP contribution in [0.3, 0.4) is 0 Å². The van der Waals surface area contributed by atoms with Gasteiger partial charge in [0.15, 0.2) is 0 Å². The molecule has 11 heavy (non-hydrogen) atoms. The molecular formula is C7H8N2O2. The van der Waals surface area contributed by atoms with Crippen LogP contribution in [0.5, 0.6) is 0 Å². The normalized spacial score (nSPS) is 15.1. The highest BCUT2D eigenvalue weighted by atomic mass is 16.4. The van der Waals surface area contributed by atoms with Crippen LogP contribution in [0.1, 0.15) is 0 Å². The van der Waals surface area contributed by atoms with E-state index in [-0.39, 0.29) is 6.54 Å². The van der Waals surface area contributed by atoms with Crippen molar-refractivity contribution in [3.8, 4) is 0 Å². The summed E-state index contributed by atoms with van der Waals surface area (Å²) in [5.41, 5.74) is 0. The molecule has 0 aromatic carbocycles. The standard InChI is InChI=1S/C7H8N2O2/c10-7(11)6-9-4-1-2-8-3-5-9/h1-5H,6H2,(H,10,11). The van der Waals surface area contributed by atoms with E-state index in [1.54, 1.807) is 30.9 Å². The molecule has 4 heteroatoms. The zero-order valence-electron chi connectivity index (χ0n) is 5.84. The van der Waals surface area contributed by atoms with Gasteiger partial charge in [0.2, 0.25) is 0 Å². The molecule has 1 aliphatic heterocycles. The molecule has 4 nitrogen and oxygen atoms in total. The molecule has 0 aromatic rings. The van der Waals surface area contributed by atoms with Gasteiger partial charge in [-0.3, -0.25) is 9.79 Å². The van der Waals surface area contributed by atoms with Crippen molar-refractivity contribution in [1.29, 1.82) is 0 Å². The van der Waals surface area contributed by atoms with Gasteiger partial charge in [0, 0.05) is 24.8 Å². The summed E-state index contributed by atoms with van der Waals surface area (Å²) in [6.45, 7) is -0.0314. The Morgan fingerprint density at radius 1 is 1.55 bits per heavy atom. The summed E-state index contributed by atoms with van der Waals surface area (Å²) in [5.74, 6) is -0.860. The Kier molecular flexibility index (Phi) is 2.43. The maximum atomic E-state index is 10.2. The summed E-state index contributed by atoms with van der Waals surface area (Å²) in [6.07, 6.45) is 8.08. The molecule has 0 spiro atoms. The molecule has 58 valence electrons. The van der Waals surface area contributed by atoms with Crippen LogP contribution in [0.2, 0.25) is 0 Å². The van der Waals surface area contributed by atoms with Crippen LogP contribution in [-0.2, 0) is 4.79 Å². The number of rotatable bonds is 2. The van der Waals surface area contributed by atoms with Crippen LogP contribution in [0.4, 0.5) is 0 Å². The lowest BCUT2D eigenvalue weighted by molar-refractivity contribution is -0.137. The number of aliphatic carboxylic acids is 1. The van der Waals surface area contributed by atoms with Crippen LogP contribution in [-0.4, -0.2) is 28.7 Å². The van der Waals surface area contributed by atoms with Crippen LogP contribution < -0.4 is 0 Å². The molecule has 1 heterocycles. The lowest BCUT2D eigenvalue weighted by Gasteiger charge is -2.09. The smallest absolute Gasteiger partial charge is 0.323 e. The summed E-state index contributed by atoms with van der Waals surface area (Å²) in [4.78, 5) is 15.6. The predicted octanol–water partition coefficient (Wildman–Crippen LogP) is 0.442. The maximum Gasteiger partial charge on any atom is 0.323 e. The molecule has 1 N–H and O–H groups in total. The van der Waals surface area contributed by atoms with Crippen molar-refractivity contribution in [3.05, 3.63) is 24.7 Å². The summed E-state index contributed by atoms with van der Waals surface area (Å²) < 4.78 is 0. The number of carbonyl (C=O) groups is 1. The van der Waals surface area contributed by atoms with E-state index in [1.165, 1.54) is 4.90 Å². The van der Waals surface area contributed by atoms with E-state index in [4.69, 9.17) is 5.11 Å². The lowest BCUT2D eigenvalue weighted by Crippen LogP contribution is -2.18. The second kappa shape index (κ2) is 3.55. The number of hydrogen-bond donors (Lipinski definition) is 1. The first-order valence-corrected chi connectivity index (χ1v) is 3.13. The van der Waals surface area contributed by atoms with Gasteiger partial charge in [-0.25, -0.2) is 0 Å². The van der Waals surface area contributed by atoms with Crippen molar-refractivity contribution in [3.63, 3.8) is 0 Å². The third-order valence-corrected chi connectivity index (χ3v) is 1.11. The first-order chi connectivity index (χ1) is 5.29. The molecule has 1 rings (SSSR count). The van der Waals surface area contributed by atoms with E-state index >= 15 is 0 Å². The first-order valence-electron chi connectivity index (χ1n) is 3.13. The van der Waals surface area contributed by atoms with Crippen molar-refractivity contribution < 1.29 is 9.90 Å². The molecule has 0 bridgehead atoms. The first kappa shape index (κ1) is 7.53. The van der Waals surface area contributed by atoms with Crippen LogP contribution >= 0.6 is 0 Å². The topological polar surface area (TPSA) is 52.9 Å². The number of carboxylic acid groups (broad SMARTS) is 1. The minimum absolute atomic E-state index is 0.0314. The van der Waals surface area contributed by atoms with E-state index in [2.05, 4.69) is 4.99 Å². The second-order valence-electron chi connectivity index (χ2n) is 2.00. The van der Waals surface area contributed by atoms with Gasteiger partial charge >= 0.3 is 5.97 Å². The molecule has 0 aromatic heterocycles. The molecule has 0 fully saturated rings. The molecule has 0 aliphatic carbocycles. The Morgan fingerprint density at radius 2 is 2.36 bits per heavy atom. The van der Waals surface area contributed by atoms with Gasteiger partial charge in [0.1, 0.15) is 6.54 Å². The largest absolute Gasteiger partial charge is 0.480 e. The fourth-order valence-corrected chi connectivity index (χ4v) is 0.684. The van der Waals surface area contributed by atoms with Crippen LogP contribution in [0, 0.1) is 0 Å². The average molecular weight is 152 g/mol. The van der Waals surface area contributed by atoms with Gasteiger partial charge in [-0.15, -0.1) is 0 Å². The Bertz CT molecular complexity index is 215. The van der Waals surface area contributed by atoms with Gasteiger partial charge in [0.05, 0.1) is 0 Å². The SMILES string of the molecule is O=C(O)CN1C=CC=NC=C1. The van der Waals surface area contributed by atoms with E-state index in [0.717, 1.165) is 0 Å². The molecule has 0 radical (unpaired) electrons. The summed E-state index contributed by atoms with van der Waals surface area (Å²) in [5, 5.41) is 8.41. The Morgan fingerprint density at radius 3 is 3.09 bits per heavy atom. The van der Waals surface area contributed by atoms with Crippen LogP contribution in [0.15, 0.2) is 29.7 Å². The fraction of sp³-hybridized carbons (Fsp3) is 0.143. The van der Waals surface area contributed by atoms with Crippen molar-refractivity contribution in [2.24, 2.45) is 4.99 Å². The van der Waals surface area contributed by atoms with E-state index in [0.29, 0.717) is 0 Å². The summed E-state index contributed by atoms with van der Waals surface area (Å²) >= 11 is 0. The molecule has 0 atom stereocenters. The number of nitrogens with zero attached hydrogens (tertiary/aromatic N) is 2. The third-order valence-electron chi connectivity index (χ3n) is 1.11. The van der Waals surface area contributed by atoms with E-state index in [9.17, 15) is 4.79 Å². The summed E-state index contributed by atoms with van der Waals surface area (Å²) in [7, 11) is 0. The Balaban J connectivity index is 2.53. The molecular weight excluding hydrogens is 144 g/mol. The van der Waals surface area contributed by atoms with Gasteiger partial charge in [-0.2, -0.15) is 0 Å². The quantitative estimate of drug-likeness (QED) is 0.624. The van der Waals surface area contributed by atoms with Gasteiger partial charge in [-0.1, -0.05) is 0 Å². The number of allylic oxidation sites excluding steroid dienone is 1. The monoisotopic (exact) mass is 152 g/mol. The third kappa shape index (κ3) is 2.66. The number of hydrogen-bond acceptors (Lipinski definition) is 3.